The molecule has 1 aliphatic heterocycles. The lowest BCUT2D eigenvalue weighted by molar-refractivity contribution is 0.245. The van der Waals surface area contributed by atoms with Gasteiger partial charge in [0.1, 0.15) is 10.8 Å². The lowest BCUT2D eigenvalue weighted by Crippen LogP contribution is -2.42. The van der Waals surface area contributed by atoms with Gasteiger partial charge in [0.2, 0.25) is 0 Å². The zero-order valence-electron chi connectivity index (χ0n) is 18.0. The Morgan fingerprint density at radius 3 is 2.72 bits per heavy atom. The van der Waals surface area contributed by atoms with Crippen molar-refractivity contribution < 1.29 is 4.74 Å². The van der Waals surface area contributed by atoms with Gasteiger partial charge in [0.15, 0.2) is 5.96 Å². The molecule has 0 bridgehead atoms. The SMILES string of the molecule is CCNC(=NCc1nc(C)c(C)s1)NCC(c1cccc(OC)c1)N1CCCC1. The molecule has 1 aromatic heterocycles. The third-order valence-corrected chi connectivity index (χ3v) is 6.37. The van der Waals surface area contributed by atoms with Gasteiger partial charge in [-0.25, -0.2) is 9.98 Å². The van der Waals surface area contributed by atoms with Crippen molar-refractivity contribution in [2.24, 2.45) is 4.99 Å². The van der Waals surface area contributed by atoms with Crippen molar-refractivity contribution in [3.05, 3.63) is 45.4 Å². The Balaban J connectivity index is 1.71. The second kappa shape index (κ2) is 10.6. The number of aliphatic imine (C=N–C) groups is 1. The van der Waals surface area contributed by atoms with E-state index in [0.717, 1.165) is 48.6 Å². The minimum atomic E-state index is 0.292. The number of thiazole rings is 1. The quantitative estimate of drug-likeness (QED) is 0.509. The van der Waals surface area contributed by atoms with E-state index in [1.54, 1.807) is 18.4 Å². The zero-order valence-corrected chi connectivity index (χ0v) is 18.8. The molecular formula is C22H33N5OS. The van der Waals surface area contributed by atoms with Crippen LogP contribution in [0.5, 0.6) is 5.75 Å². The minimum absolute atomic E-state index is 0.292. The highest BCUT2D eigenvalue weighted by atomic mass is 32.1. The molecule has 0 amide bonds. The number of benzene rings is 1. The summed E-state index contributed by atoms with van der Waals surface area (Å²) in [7, 11) is 1.72. The lowest BCUT2D eigenvalue weighted by Gasteiger charge is -2.29. The zero-order chi connectivity index (χ0) is 20.6. The van der Waals surface area contributed by atoms with Crippen molar-refractivity contribution in [3.8, 4) is 5.75 Å². The molecule has 1 saturated heterocycles. The van der Waals surface area contributed by atoms with E-state index in [4.69, 9.17) is 9.73 Å². The maximum Gasteiger partial charge on any atom is 0.191 e. The molecule has 158 valence electrons. The van der Waals surface area contributed by atoms with Crippen molar-refractivity contribution in [1.29, 1.82) is 0 Å². The number of rotatable bonds is 8. The fourth-order valence-electron chi connectivity index (χ4n) is 3.65. The second-order valence-electron chi connectivity index (χ2n) is 7.36. The number of hydrogen-bond acceptors (Lipinski definition) is 5. The van der Waals surface area contributed by atoms with Crippen molar-refractivity contribution in [3.63, 3.8) is 0 Å². The summed E-state index contributed by atoms with van der Waals surface area (Å²) in [6, 6.07) is 8.71. The molecule has 1 atom stereocenters. The molecule has 2 aromatic rings. The number of aryl methyl sites for hydroxylation is 2. The first-order chi connectivity index (χ1) is 14.1. The van der Waals surface area contributed by atoms with Gasteiger partial charge in [-0.3, -0.25) is 4.90 Å². The molecule has 0 radical (unpaired) electrons. The standard InChI is InChI=1S/C22H33N5OS/c1-5-23-22(25-15-21-26-16(2)17(3)29-21)24-14-20(27-11-6-7-12-27)18-9-8-10-19(13-18)28-4/h8-10,13,20H,5-7,11-12,14-15H2,1-4H3,(H2,23,24,25). The normalized spacial score (nSPS) is 16.1. The van der Waals surface area contributed by atoms with Gasteiger partial charge in [0.05, 0.1) is 25.4 Å². The minimum Gasteiger partial charge on any atom is -0.497 e. The average Bonchev–Trinajstić information content (AvgIpc) is 3.36. The average molecular weight is 416 g/mol. The molecule has 1 unspecified atom stereocenters. The Hall–Kier alpha value is -2.12. The molecule has 2 N–H and O–H groups in total. The van der Waals surface area contributed by atoms with Crippen molar-refractivity contribution in [2.45, 2.75) is 46.2 Å². The summed E-state index contributed by atoms with van der Waals surface area (Å²) in [6.07, 6.45) is 2.52. The lowest BCUT2D eigenvalue weighted by atomic mass is 10.1. The van der Waals surface area contributed by atoms with E-state index in [9.17, 15) is 0 Å². The molecule has 2 heterocycles. The van der Waals surface area contributed by atoms with Crippen LogP contribution in [0.1, 0.15) is 46.9 Å². The largest absolute Gasteiger partial charge is 0.497 e. The summed E-state index contributed by atoms with van der Waals surface area (Å²) in [4.78, 5) is 13.2. The number of methoxy groups -OCH3 is 1. The molecule has 1 fully saturated rings. The van der Waals surface area contributed by atoms with Gasteiger partial charge in [0, 0.05) is 18.0 Å². The van der Waals surface area contributed by atoms with Gasteiger partial charge in [-0.05, 0) is 64.4 Å². The van der Waals surface area contributed by atoms with Gasteiger partial charge in [-0.15, -0.1) is 11.3 Å². The van der Waals surface area contributed by atoms with Crippen LogP contribution in [0.25, 0.3) is 0 Å². The van der Waals surface area contributed by atoms with Crippen LogP contribution in [0, 0.1) is 13.8 Å². The number of ether oxygens (including phenoxy) is 1. The molecule has 0 spiro atoms. The summed E-state index contributed by atoms with van der Waals surface area (Å²) in [5.41, 5.74) is 2.38. The molecule has 3 rings (SSSR count). The first-order valence-corrected chi connectivity index (χ1v) is 11.3. The fraction of sp³-hybridized carbons (Fsp3) is 0.545. The van der Waals surface area contributed by atoms with Crippen LogP contribution in [-0.2, 0) is 6.54 Å². The van der Waals surface area contributed by atoms with Crippen molar-refractivity contribution in [1.82, 2.24) is 20.5 Å². The maximum absolute atomic E-state index is 5.45. The number of nitrogens with one attached hydrogen (secondary N) is 2. The molecule has 0 aliphatic carbocycles. The third kappa shape index (κ3) is 5.93. The van der Waals surface area contributed by atoms with Crippen LogP contribution in [0.4, 0.5) is 0 Å². The highest BCUT2D eigenvalue weighted by molar-refractivity contribution is 7.11. The summed E-state index contributed by atoms with van der Waals surface area (Å²) >= 11 is 1.72. The van der Waals surface area contributed by atoms with Crippen LogP contribution in [0.3, 0.4) is 0 Å². The Bertz CT molecular complexity index is 794. The molecule has 7 heteroatoms. The number of guanidine groups is 1. The molecule has 1 aromatic carbocycles. The predicted molar refractivity (Wildman–Crippen MR) is 121 cm³/mol. The Kier molecular flexibility index (Phi) is 7.89. The van der Waals surface area contributed by atoms with E-state index in [1.165, 1.54) is 23.3 Å². The maximum atomic E-state index is 5.45. The van der Waals surface area contributed by atoms with Crippen LogP contribution in [0.2, 0.25) is 0 Å². The van der Waals surface area contributed by atoms with Gasteiger partial charge >= 0.3 is 0 Å². The van der Waals surface area contributed by atoms with Crippen LogP contribution in [0.15, 0.2) is 29.3 Å². The first-order valence-electron chi connectivity index (χ1n) is 10.4. The highest BCUT2D eigenvalue weighted by Gasteiger charge is 2.24. The van der Waals surface area contributed by atoms with Gasteiger partial charge in [-0.2, -0.15) is 0 Å². The summed E-state index contributed by atoms with van der Waals surface area (Å²) in [6.45, 7) is 10.8. The highest BCUT2D eigenvalue weighted by Crippen LogP contribution is 2.27. The van der Waals surface area contributed by atoms with E-state index in [0.29, 0.717) is 12.6 Å². The Labute approximate surface area is 178 Å². The number of hydrogen-bond donors (Lipinski definition) is 2. The molecule has 29 heavy (non-hydrogen) atoms. The molecule has 1 aliphatic rings. The van der Waals surface area contributed by atoms with E-state index >= 15 is 0 Å². The van der Waals surface area contributed by atoms with Gasteiger partial charge < -0.3 is 15.4 Å². The van der Waals surface area contributed by atoms with Crippen molar-refractivity contribution >= 4 is 17.3 Å². The van der Waals surface area contributed by atoms with E-state index < -0.39 is 0 Å². The monoisotopic (exact) mass is 415 g/mol. The number of likely N-dealkylation sites (tertiary alicyclic amines) is 1. The summed E-state index contributed by atoms with van der Waals surface area (Å²) in [5, 5.41) is 7.98. The Morgan fingerprint density at radius 1 is 1.28 bits per heavy atom. The smallest absolute Gasteiger partial charge is 0.191 e. The summed E-state index contributed by atoms with van der Waals surface area (Å²) < 4.78 is 5.45. The molecular weight excluding hydrogens is 382 g/mol. The fourth-order valence-corrected chi connectivity index (χ4v) is 4.51. The molecule has 6 nitrogen and oxygen atoms in total. The Morgan fingerprint density at radius 2 is 2.07 bits per heavy atom. The topological polar surface area (TPSA) is 61.8 Å². The molecule has 0 saturated carbocycles. The van der Waals surface area contributed by atoms with Crippen LogP contribution >= 0.6 is 11.3 Å². The second-order valence-corrected chi connectivity index (χ2v) is 8.65. The van der Waals surface area contributed by atoms with E-state index in [-0.39, 0.29) is 0 Å². The third-order valence-electron chi connectivity index (χ3n) is 5.31. The van der Waals surface area contributed by atoms with Gasteiger partial charge in [0.25, 0.3) is 0 Å². The number of nitrogens with zero attached hydrogens (tertiary/aromatic N) is 3. The predicted octanol–water partition coefficient (Wildman–Crippen LogP) is 3.66. The van der Waals surface area contributed by atoms with E-state index in [2.05, 4.69) is 59.5 Å². The summed E-state index contributed by atoms with van der Waals surface area (Å²) in [5.74, 6) is 1.74. The van der Waals surface area contributed by atoms with E-state index in [1.807, 2.05) is 6.07 Å². The van der Waals surface area contributed by atoms with Crippen molar-refractivity contribution in [2.75, 3.05) is 33.3 Å². The van der Waals surface area contributed by atoms with Crippen LogP contribution < -0.4 is 15.4 Å². The number of aromatic nitrogens is 1. The van der Waals surface area contributed by atoms with Crippen LogP contribution in [-0.4, -0.2) is 49.1 Å². The van der Waals surface area contributed by atoms with Gasteiger partial charge in [-0.1, -0.05) is 12.1 Å². The first kappa shape index (κ1) is 21.6.